The standard InChI is InChI=1S/C10H12INO2S/c1-6-8(2-3-15-6)12-5-7(11)4-9(12)10(13)14/h4-6,8H,2-3H2,1H3,(H,13,14). The molecule has 0 radical (unpaired) electrons. The minimum absolute atomic E-state index is 0.338. The van der Waals surface area contributed by atoms with E-state index in [9.17, 15) is 4.79 Å². The van der Waals surface area contributed by atoms with E-state index in [1.54, 1.807) is 6.07 Å². The average molecular weight is 337 g/mol. The van der Waals surface area contributed by atoms with Crippen molar-refractivity contribution in [1.29, 1.82) is 0 Å². The molecule has 0 aliphatic carbocycles. The monoisotopic (exact) mass is 337 g/mol. The van der Waals surface area contributed by atoms with E-state index in [0.29, 0.717) is 17.0 Å². The molecule has 0 amide bonds. The Kier molecular flexibility index (Phi) is 3.30. The van der Waals surface area contributed by atoms with Crippen LogP contribution in [0.2, 0.25) is 0 Å². The summed E-state index contributed by atoms with van der Waals surface area (Å²) in [6, 6.07) is 2.07. The van der Waals surface area contributed by atoms with Crippen LogP contribution < -0.4 is 0 Å². The van der Waals surface area contributed by atoms with Crippen LogP contribution in [0.3, 0.4) is 0 Å². The summed E-state index contributed by atoms with van der Waals surface area (Å²) in [6.07, 6.45) is 3.01. The molecule has 0 bridgehead atoms. The van der Waals surface area contributed by atoms with E-state index in [1.807, 2.05) is 22.5 Å². The zero-order chi connectivity index (χ0) is 11.0. The first-order valence-electron chi connectivity index (χ1n) is 4.82. The van der Waals surface area contributed by atoms with Crippen molar-refractivity contribution in [2.75, 3.05) is 5.75 Å². The Morgan fingerprint density at radius 1 is 1.73 bits per heavy atom. The summed E-state index contributed by atoms with van der Waals surface area (Å²) in [5.41, 5.74) is 0.416. The van der Waals surface area contributed by atoms with Crippen molar-refractivity contribution >= 4 is 40.3 Å². The SMILES string of the molecule is CC1SCCC1n1cc(I)cc1C(=O)O. The van der Waals surface area contributed by atoms with Gasteiger partial charge >= 0.3 is 5.97 Å². The van der Waals surface area contributed by atoms with Crippen molar-refractivity contribution in [2.24, 2.45) is 0 Å². The summed E-state index contributed by atoms with van der Waals surface area (Å²) >= 11 is 4.08. The minimum Gasteiger partial charge on any atom is -0.477 e. The molecule has 3 nitrogen and oxygen atoms in total. The lowest BCUT2D eigenvalue weighted by molar-refractivity contribution is 0.0682. The molecule has 2 heterocycles. The Hall–Kier alpha value is -0.170. The predicted molar refractivity (Wildman–Crippen MR) is 69.7 cm³/mol. The number of aromatic carboxylic acids is 1. The highest BCUT2D eigenvalue weighted by Gasteiger charge is 2.28. The van der Waals surface area contributed by atoms with Gasteiger partial charge in [-0.05, 0) is 40.8 Å². The van der Waals surface area contributed by atoms with E-state index in [0.717, 1.165) is 15.7 Å². The largest absolute Gasteiger partial charge is 0.477 e. The van der Waals surface area contributed by atoms with Crippen LogP contribution in [0.1, 0.15) is 29.9 Å². The Morgan fingerprint density at radius 2 is 2.47 bits per heavy atom. The van der Waals surface area contributed by atoms with E-state index in [4.69, 9.17) is 5.11 Å². The molecule has 5 heteroatoms. The lowest BCUT2D eigenvalue weighted by Crippen LogP contribution is -2.18. The Balaban J connectivity index is 2.38. The second-order valence-electron chi connectivity index (χ2n) is 3.69. The van der Waals surface area contributed by atoms with Gasteiger partial charge in [-0.15, -0.1) is 0 Å². The number of carboxylic acid groups (broad SMARTS) is 1. The molecule has 1 aliphatic rings. The van der Waals surface area contributed by atoms with Crippen LogP contribution in [-0.2, 0) is 0 Å². The van der Waals surface area contributed by atoms with Crippen molar-refractivity contribution in [3.63, 3.8) is 0 Å². The van der Waals surface area contributed by atoms with Gasteiger partial charge in [-0.1, -0.05) is 6.92 Å². The Labute approximate surface area is 106 Å². The van der Waals surface area contributed by atoms with Crippen molar-refractivity contribution < 1.29 is 9.90 Å². The van der Waals surface area contributed by atoms with Crippen molar-refractivity contribution in [3.8, 4) is 0 Å². The summed E-state index contributed by atoms with van der Waals surface area (Å²) in [5, 5.41) is 9.60. The number of halogens is 1. The number of hydrogen-bond acceptors (Lipinski definition) is 2. The topological polar surface area (TPSA) is 42.2 Å². The third-order valence-electron chi connectivity index (χ3n) is 2.73. The average Bonchev–Trinajstić information content (AvgIpc) is 2.71. The number of nitrogens with zero attached hydrogens (tertiary/aromatic N) is 1. The van der Waals surface area contributed by atoms with Crippen LogP contribution in [0, 0.1) is 3.57 Å². The van der Waals surface area contributed by atoms with Gasteiger partial charge in [0.2, 0.25) is 0 Å². The fourth-order valence-corrected chi connectivity index (χ4v) is 3.81. The quantitative estimate of drug-likeness (QED) is 0.844. The molecule has 1 saturated heterocycles. The molecule has 1 fully saturated rings. The fourth-order valence-electron chi connectivity index (χ4n) is 1.98. The maximum atomic E-state index is 11.1. The van der Waals surface area contributed by atoms with Crippen LogP contribution >= 0.6 is 34.4 Å². The van der Waals surface area contributed by atoms with Crippen LogP contribution in [-0.4, -0.2) is 26.6 Å². The van der Waals surface area contributed by atoms with Crippen LogP contribution in [0.5, 0.6) is 0 Å². The van der Waals surface area contributed by atoms with E-state index in [2.05, 4.69) is 29.5 Å². The second-order valence-corrected chi connectivity index (χ2v) is 6.42. The van der Waals surface area contributed by atoms with Gasteiger partial charge in [0.25, 0.3) is 0 Å². The van der Waals surface area contributed by atoms with Crippen molar-refractivity contribution in [3.05, 3.63) is 21.5 Å². The van der Waals surface area contributed by atoms with E-state index >= 15 is 0 Å². The number of rotatable bonds is 2. The van der Waals surface area contributed by atoms with Gasteiger partial charge in [0.15, 0.2) is 0 Å². The van der Waals surface area contributed by atoms with Gasteiger partial charge in [0.05, 0.1) is 0 Å². The van der Waals surface area contributed by atoms with E-state index in [-0.39, 0.29) is 0 Å². The molecule has 0 aromatic carbocycles. The van der Waals surface area contributed by atoms with Gasteiger partial charge in [-0.3, -0.25) is 0 Å². The molecule has 1 N–H and O–H groups in total. The fraction of sp³-hybridized carbons (Fsp3) is 0.500. The molecule has 2 unspecified atom stereocenters. The second kappa shape index (κ2) is 4.37. The van der Waals surface area contributed by atoms with Gasteiger partial charge in [0, 0.05) is 21.1 Å². The highest BCUT2D eigenvalue weighted by Crippen LogP contribution is 2.36. The first-order valence-corrected chi connectivity index (χ1v) is 6.94. The molecular weight excluding hydrogens is 325 g/mol. The van der Waals surface area contributed by atoms with Crippen LogP contribution in [0.15, 0.2) is 12.3 Å². The van der Waals surface area contributed by atoms with Crippen LogP contribution in [0.25, 0.3) is 0 Å². The molecule has 2 rings (SSSR count). The van der Waals surface area contributed by atoms with E-state index < -0.39 is 5.97 Å². The number of aromatic nitrogens is 1. The van der Waals surface area contributed by atoms with Crippen LogP contribution in [0.4, 0.5) is 0 Å². The summed E-state index contributed by atoms with van der Waals surface area (Å²) in [6.45, 7) is 2.17. The third kappa shape index (κ3) is 2.18. The normalized spacial score (nSPS) is 25.7. The summed E-state index contributed by atoms with van der Waals surface area (Å²) in [4.78, 5) is 11.1. The number of hydrogen-bond donors (Lipinski definition) is 1. The number of thioether (sulfide) groups is 1. The van der Waals surface area contributed by atoms with Gasteiger partial charge < -0.3 is 9.67 Å². The highest BCUT2D eigenvalue weighted by atomic mass is 127. The molecule has 15 heavy (non-hydrogen) atoms. The first-order chi connectivity index (χ1) is 7.09. The summed E-state index contributed by atoms with van der Waals surface area (Å²) < 4.78 is 2.92. The lowest BCUT2D eigenvalue weighted by Gasteiger charge is -2.18. The van der Waals surface area contributed by atoms with Gasteiger partial charge in [-0.25, -0.2) is 4.79 Å². The smallest absolute Gasteiger partial charge is 0.352 e. The summed E-state index contributed by atoms with van der Waals surface area (Å²) in [5.74, 6) is 0.293. The molecule has 1 aromatic rings. The first kappa shape index (κ1) is 11.3. The molecule has 0 spiro atoms. The molecule has 0 saturated carbocycles. The zero-order valence-electron chi connectivity index (χ0n) is 8.31. The minimum atomic E-state index is -0.831. The molecule has 82 valence electrons. The van der Waals surface area contributed by atoms with Crippen molar-refractivity contribution in [2.45, 2.75) is 24.6 Å². The number of carboxylic acids is 1. The zero-order valence-corrected chi connectivity index (χ0v) is 11.3. The third-order valence-corrected chi connectivity index (χ3v) is 4.63. The molecule has 2 atom stereocenters. The predicted octanol–water partition coefficient (Wildman–Crippen LogP) is 2.86. The maximum Gasteiger partial charge on any atom is 0.352 e. The Bertz CT molecular complexity index is 391. The van der Waals surface area contributed by atoms with Crippen molar-refractivity contribution in [1.82, 2.24) is 4.57 Å². The lowest BCUT2D eigenvalue weighted by atomic mass is 10.1. The maximum absolute atomic E-state index is 11.1. The molecular formula is C10H12INO2S. The Morgan fingerprint density at radius 3 is 3.00 bits per heavy atom. The summed E-state index contributed by atoms with van der Waals surface area (Å²) in [7, 11) is 0. The van der Waals surface area contributed by atoms with Gasteiger partial charge in [0.1, 0.15) is 5.69 Å². The highest BCUT2D eigenvalue weighted by molar-refractivity contribution is 14.1. The molecule has 1 aromatic heterocycles. The molecule has 1 aliphatic heterocycles. The van der Waals surface area contributed by atoms with E-state index in [1.165, 1.54) is 0 Å². The number of carbonyl (C=O) groups is 1. The van der Waals surface area contributed by atoms with Gasteiger partial charge in [-0.2, -0.15) is 11.8 Å².